The van der Waals surface area contributed by atoms with Gasteiger partial charge < -0.3 is 5.32 Å². The topological polar surface area (TPSA) is 80.5 Å². The van der Waals surface area contributed by atoms with Gasteiger partial charge in [-0.2, -0.15) is 0 Å². The molecule has 6 nitrogen and oxygen atoms in total. The highest BCUT2D eigenvalue weighted by atomic mass is 32.1. The number of benzene rings is 1. The second-order valence-corrected chi connectivity index (χ2v) is 7.13. The summed E-state index contributed by atoms with van der Waals surface area (Å²) in [6.45, 7) is 1.77. The minimum absolute atomic E-state index is 0.107. The summed E-state index contributed by atoms with van der Waals surface area (Å²) in [5.41, 5.74) is 1.78. The fourth-order valence-electron chi connectivity index (χ4n) is 2.84. The van der Waals surface area contributed by atoms with Crippen molar-refractivity contribution in [3.8, 4) is 0 Å². The third-order valence-electron chi connectivity index (χ3n) is 4.26. The number of pyridine rings is 1. The number of nitrogens with one attached hydrogen (secondary N) is 1. The first kappa shape index (κ1) is 17.1. The summed E-state index contributed by atoms with van der Waals surface area (Å²) in [5, 5.41) is 3.01. The Morgan fingerprint density at radius 1 is 1.15 bits per heavy atom. The zero-order valence-electron chi connectivity index (χ0n) is 14.4. The molecule has 0 fully saturated rings. The predicted octanol–water partition coefficient (Wildman–Crippen LogP) is 2.83. The minimum atomic E-state index is -0.396. The van der Waals surface area contributed by atoms with Gasteiger partial charge in [0, 0.05) is 11.8 Å². The highest BCUT2D eigenvalue weighted by molar-refractivity contribution is 7.20. The first-order valence-corrected chi connectivity index (χ1v) is 9.14. The maximum absolute atomic E-state index is 12.7. The van der Waals surface area contributed by atoms with E-state index in [9.17, 15) is 14.4 Å². The molecule has 134 valence electrons. The third-order valence-corrected chi connectivity index (χ3v) is 5.29. The molecule has 0 radical (unpaired) electrons. The van der Waals surface area contributed by atoms with Crippen LogP contribution in [0.2, 0.25) is 0 Å². The molecule has 7 heteroatoms. The Hall–Kier alpha value is -3.32. The van der Waals surface area contributed by atoms with Gasteiger partial charge in [-0.1, -0.05) is 36.4 Å². The molecule has 0 aliphatic rings. The van der Waals surface area contributed by atoms with Crippen LogP contribution in [0.5, 0.6) is 0 Å². The standard InChI is InChI=1S/C20H15N3O3S/c1-12-6-5-9-23-17(12)22-19-14(20(23)26)10-16(27-19)18(25)21-11-15(24)13-7-3-2-4-8-13/h2-10H,11H2,1H3,(H,21,25). The molecule has 4 rings (SSSR count). The van der Waals surface area contributed by atoms with Gasteiger partial charge in [-0.05, 0) is 24.6 Å². The zero-order valence-corrected chi connectivity index (χ0v) is 15.2. The molecule has 0 aliphatic heterocycles. The van der Waals surface area contributed by atoms with Crippen LogP contribution in [0.3, 0.4) is 0 Å². The Labute approximate surface area is 158 Å². The Morgan fingerprint density at radius 2 is 1.93 bits per heavy atom. The lowest BCUT2D eigenvalue weighted by Gasteiger charge is -2.02. The van der Waals surface area contributed by atoms with E-state index in [0.717, 1.165) is 16.9 Å². The zero-order chi connectivity index (χ0) is 19.0. The first-order chi connectivity index (χ1) is 13.0. The number of aromatic nitrogens is 2. The number of amides is 1. The average Bonchev–Trinajstić information content (AvgIpc) is 3.12. The minimum Gasteiger partial charge on any atom is -0.344 e. The molecule has 0 bridgehead atoms. The molecular weight excluding hydrogens is 362 g/mol. The molecule has 0 saturated carbocycles. The van der Waals surface area contributed by atoms with Crippen molar-refractivity contribution in [2.24, 2.45) is 0 Å². The number of aryl methyl sites for hydroxylation is 1. The summed E-state index contributed by atoms with van der Waals surface area (Å²) < 4.78 is 1.48. The van der Waals surface area contributed by atoms with Crippen molar-refractivity contribution in [2.75, 3.05) is 6.54 Å². The van der Waals surface area contributed by atoms with Crippen LogP contribution < -0.4 is 10.9 Å². The normalized spacial score (nSPS) is 11.0. The number of hydrogen-bond donors (Lipinski definition) is 1. The number of Topliss-reactive ketones (excluding diaryl/α,β-unsaturated/α-hetero) is 1. The molecule has 0 spiro atoms. The van der Waals surface area contributed by atoms with Gasteiger partial charge >= 0.3 is 0 Å². The van der Waals surface area contributed by atoms with Crippen LogP contribution in [0, 0.1) is 6.92 Å². The van der Waals surface area contributed by atoms with E-state index in [0.29, 0.717) is 26.3 Å². The van der Waals surface area contributed by atoms with E-state index in [1.807, 2.05) is 19.1 Å². The van der Waals surface area contributed by atoms with Crippen LogP contribution in [-0.2, 0) is 0 Å². The maximum atomic E-state index is 12.7. The van der Waals surface area contributed by atoms with Crippen LogP contribution in [0.1, 0.15) is 25.6 Å². The number of carbonyl (C=O) groups excluding carboxylic acids is 2. The molecule has 0 aliphatic carbocycles. The van der Waals surface area contributed by atoms with E-state index in [1.165, 1.54) is 10.5 Å². The van der Waals surface area contributed by atoms with Gasteiger partial charge in [0.05, 0.1) is 16.8 Å². The van der Waals surface area contributed by atoms with Gasteiger partial charge in [0.2, 0.25) is 0 Å². The van der Waals surface area contributed by atoms with Gasteiger partial charge in [-0.15, -0.1) is 11.3 Å². The van der Waals surface area contributed by atoms with E-state index < -0.39 is 5.91 Å². The highest BCUT2D eigenvalue weighted by Crippen LogP contribution is 2.22. The summed E-state index contributed by atoms with van der Waals surface area (Å²) >= 11 is 1.14. The van der Waals surface area contributed by atoms with Crippen LogP contribution in [0.25, 0.3) is 15.9 Å². The van der Waals surface area contributed by atoms with Crippen LogP contribution >= 0.6 is 11.3 Å². The number of nitrogens with zero attached hydrogens (tertiary/aromatic N) is 2. The molecule has 0 unspecified atom stereocenters. The van der Waals surface area contributed by atoms with Gasteiger partial charge in [0.25, 0.3) is 11.5 Å². The fourth-order valence-corrected chi connectivity index (χ4v) is 3.78. The van der Waals surface area contributed by atoms with Crippen molar-refractivity contribution >= 4 is 38.9 Å². The molecule has 27 heavy (non-hydrogen) atoms. The highest BCUT2D eigenvalue weighted by Gasteiger charge is 2.16. The Kier molecular flexibility index (Phi) is 4.29. The summed E-state index contributed by atoms with van der Waals surface area (Å²) in [4.78, 5) is 42.6. The molecule has 3 aromatic heterocycles. The fraction of sp³-hybridized carbons (Fsp3) is 0.100. The van der Waals surface area contributed by atoms with Crippen LogP contribution in [-0.4, -0.2) is 27.6 Å². The van der Waals surface area contributed by atoms with Gasteiger partial charge in [-0.25, -0.2) is 4.98 Å². The van der Waals surface area contributed by atoms with E-state index in [1.54, 1.807) is 36.5 Å². The van der Waals surface area contributed by atoms with E-state index in [-0.39, 0.29) is 17.9 Å². The smallest absolute Gasteiger partial charge is 0.266 e. The Morgan fingerprint density at radius 3 is 2.70 bits per heavy atom. The molecule has 0 atom stereocenters. The summed E-state index contributed by atoms with van der Waals surface area (Å²) in [6.07, 6.45) is 1.66. The average molecular weight is 377 g/mol. The molecule has 4 aromatic rings. The van der Waals surface area contributed by atoms with E-state index >= 15 is 0 Å². The number of thiophene rings is 1. The van der Waals surface area contributed by atoms with Crippen LogP contribution in [0.4, 0.5) is 0 Å². The predicted molar refractivity (Wildman–Crippen MR) is 105 cm³/mol. The lowest BCUT2D eigenvalue weighted by Crippen LogP contribution is -2.28. The molecular formula is C20H15N3O3S. The van der Waals surface area contributed by atoms with Crippen molar-refractivity contribution in [2.45, 2.75) is 6.92 Å². The van der Waals surface area contributed by atoms with Gasteiger partial charge in [0.15, 0.2) is 5.78 Å². The molecule has 1 N–H and O–H groups in total. The van der Waals surface area contributed by atoms with Crippen molar-refractivity contribution < 1.29 is 9.59 Å². The van der Waals surface area contributed by atoms with Crippen molar-refractivity contribution in [3.63, 3.8) is 0 Å². The summed E-state index contributed by atoms with van der Waals surface area (Å²) in [7, 11) is 0. The number of rotatable bonds is 4. The molecule has 1 aromatic carbocycles. The monoisotopic (exact) mass is 377 g/mol. The quantitative estimate of drug-likeness (QED) is 0.555. The van der Waals surface area contributed by atoms with Crippen molar-refractivity contribution in [1.29, 1.82) is 0 Å². The van der Waals surface area contributed by atoms with E-state index in [2.05, 4.69) is 10.3 Å². The largest absolute Gasteiger partial charge is 0.344 e. The summed E-state index contributed by atoms with van der Waals surface area (Å²) in [5.74, 6) is -0.572. The number of ketones is 1. The van der Waals surface area contributed by atoms with Gasteiger partial charge in [-0.3, -0.25) is 18.8 Å². The van der Waals surface area contributed by atoms with Crippen LogP contribution in [0.15, 0.2) is 59.5 Å². The van der Waals surface area contributed by atoms with Gasteiger partial charge in [0.1, 0.15) is 10.5 Å². The molecule has 3 heterocycles. The van der Waals surface area contributed by atoms with Crippen molar-refractivity contribution in [3.05, 3.63) is 81.1 Å². The van der Waals surface area contributed by atoms with E-state index in [4.69, 9.17) is 0 Å². The number of fused-ring (bicyclic) bond motifs is 2. The third kappa shape index (κ3) is 3.13. The number of carbonyl (C=O) groups is 2. The lowest BCUT2D eigenvalue weighted by atomic mass is 10.1. The maximum Gasteiger partial charge on any atom is 0.266 e. The SMILES string of the molecule is Cc1cccn2c(=O)c3cc(C(=O)NCC(=O)c4ccccc4)sc3nc12. The second kappa shape index (κ2) is 6.77. The van der Waals surface area contributed by atoms with Crippen molar-refractivity contribution in [1.82, 2.24) is 14.7 Å². The summed E-state index contributed by atoms with van der Waals surface area (Å²) in [6, 6.07) is 14.0. The second-order valence-electron chi connectivity index (χ2n) is 6.10. The lowest BCUT2D eigenvalue weighted by molar-refractivity contribution is 0.0907. The molecule has 1 amide bonds. The Balaban J connectivity index is 1.62. The Bertz CT molecular complexity index is 1240. The molecule has 0 saturated heterocycles. The first-order valence-electron chi connectivity index (χ1n) is 8.32. The number of hydrogen-bond acceptors (Lipinski definition) is 5.